The number of piperidine rings is 1. The molecule has 1 heterocycles. The zero-order valence-corrected chi connectivity index (χ0v) is 12.5. The highest BCUT2D eigenvalue weighted by Crippen LogP contribution is 2.22. The lowest BCUT2D eigenvalue weighted by atomic mass is 10.2. The van der Waals surface area contributed by atoms with E-state index in [0.29, 0.717) is 18.7 Å². The quantitative estimate of drug-likeness (QED) is 0.860. The Balaban J connectivity index is 2.32. The molecule has 0 N–H and O–H groups in total. The molecule has 1 fully saturated rings. The summed E-state index contributed by atoms with van der Waals surface area (Å²) < 4.78 is 26.4. The molecular formula is C13H17NO3S2. The maximum atomic E-state index is 12.5. The standard InChI is InChI=1S/C13H17NO3S2/c1-18-13(15)11-6-5-7-12(10-11)19(16,17)14-8-3-2-4-9-14/h5-7,10H,2-4,8-9H2,1H3. The summed E-state index contributed by atoms with van der Waals surface area (Å²) in [5.41, 5.74) is 0.436. The van der Waals surface area contributed by atoms with Crippen molar-refractivity contribution in [2.45, 2.75) is 24.2 Å². The number of carbonyl (C=O) groups is 1. The Kier molecular flexibility index (Phi) is 4.65. The molecule has 4 nitrogen and oxygen atoms in total. The van der Waals surface area contributed by atoms with Gasteiger partial charge in [-0.15, -0.1) is 0 Å². The van der Waals surface area contributed by atoms with Crippen LogP contribution < -0.4 is 0 Å². The Bertz CT molecular complexity index is 563. The van der Waals surface area contributed by atoms with Crippen molar-refractivity contribution in [3.8, 4) is 0 Å². The van der Waals surface area contributed by atoms with Gasteiger partial charge in [0.05, 0.1) is 4.90 Å². The van der Waals surface area contributed by atoms with Crippen molar-refractivity contribution < 1.29 is 13.2 Å². The van der Waals surface area contributed by atoms with Crippen LogP contribution in [0.5, 0.6) is 0 Å². The highest BCUT2D eigenvalue weighted by Gasteiger charge is 2.26. The van der Waals surface area contributed by atoms with Crippen molar-refractivity contribution in [2.24, 2.45) is 0 Å². The molecule has 0 amide bonds. The molecule has 0 bridgehead atoms. The molecule has 0 unspecified atom stereocenters. The van der Waals surface area contributed by atoms with Gasteiger partial charge in [0, 0.05) is 18.7 Å². The van der Waals surface area contributed by atoms with Crippen LogP contribution in [0.3, 0.4) is 0 Å². The summed E-state index contributed by atoms with van der Waals surface area (Å²) >= 11 is 1.09. The number of thioether (sulfide) groups is 1. The molecule has 1 aliphatic heterocycles. The van der Waals surface area contributed by atoms with E-state index in [9.17, 15) is 13.2 Å². The van der Waals surface area contributed by atoms with Gasteiger partial charge >= 0.3 is 0 Å². The third kappa shape index (κ3) is 3.19. The number of nitrogens with zero attached hydrogens (tertiary/aromatic N) is 1. The molecule has 2 rings (SSSR count). The maximum absolute atomic E-state index is 12.5. The minimum Gasteiger partial charge on any atom is -0.282 e. The van der Waals surface area contributed by atoms with Gasteiger partial charge in [0.1, 0.15) is 0 Å². The Labute approximate surface area is 118 Å². The Morgan fingerprint density at radius 1 is 1.21 bits per heavy atom. The van der Waals surface area contributed by atoms with E-state index in [0.717, 1.165) is 31.0 Å². The molecule has 6 heteroatoms. The Morgan fingerprint density at radius 2 is 1.89 bits per heavy atom. The van der Waals surface area contributed by atoms with Gasteiger partial charge in [0.15, 0.2) is 0 Å². The first-order chi connectivity index (χ1) is 9.05. The van der Waals surface area contributed by atoms with Crippen molar-refractivity contribution in [2.75, 3.05) is 19.3 Å². The molecule has 104 valence electrons. The van der Waals surface area contributed by atoms with E-state index >= 15 is 0 Å². The first-order valence-corrected chi connectivity index (χ1v) is 8.91. The predicted octanol–water partition coefficient (Wildman–Crippen LogP) is 2.36. The second-order valence-corrected chi connectivity index (χ2v) is 7.20. The van der Waals surface area contributed by atoms with Crippen LogP contribution in [0.25, 0.3) is 0 Å². The van der Waals surface area contributed by atoms with Crippen LogP contribution in [0.2, 0.25) is 0 Å². The van der Waals surface area contributed by atoms with Crippen LogP contribution in [0.4, 0.5) is 0 Å². The van der Waals surface area contributed by atoms with Crippen molar-refractivity contribution >= 4 is 26.9 Å². The normalized spacial score (nSPS) is 17.3. The number of benzene rings is 1. The van der Waals surface area contributed by atoms with E-state index in [-0.39, 0.29) is 10.0 Å². The van der Waals surface area contributed by atoms with E-state index in [2.05, 4.69) is 0 Å². The number of hydrogen-bond donors (Lipinski definition) is 0. The molecule has 1 aliphatic rings. The van der Waals surface area contributed by atoms with Crippen LogP contribution in [0, 0.1) is 0 Å². The molecule has 1 aromatic rings. The second kappa shape index (κ2) is 6.07. The molecule has 19 heavy (non-hydrogen) atoms. The fraction of sp³-hybridized carbons (Fsp3) is 0.462. The summed E-state index contributed by atoms with van der Waals surface area (Å²) in [4.78, 5) is 11.8. The van der Waals surface area contributed by atoms with Gasteiger partial charge in [0.25, 0.3) is 0 Å². The smallest absolute Gasteiger partial charge is 0.243 e. The van der Waals surface area contributed by atoms with Gasteiger partial charge in [-0.2, -0.15) is 4.31 Å². The largest absolute Gasteiger partial charge is 0.282 e. The first-order valence-electron chi connectivity index (χ1n) is 6.24. The third-order valence-corrected chi connectivity index (χ3v) is 5.71. The van der Waals surface area contributed by atoms with Crippen LogP contribution in [0.15, 0.2) is 29.2 Å². The van der Waals surface area contributed by atoms with Gasteiger partial charge in [-0.1, -0.05) is 30.3 Å². The lowest BCUT2D eigenvalue weighted by molar-refractivity contribution is 0.108. The third-order valence-electron chi connectivity index (χ3n) is 3.21. The van der Waals surface area contributed by atoms with E-state index in [1.165, 1.54) is 10.4 Å². The molecule has 0 aromatic heterocycles. The lowest BCUT2D eigenvalue weighted by Gasteiger charge is -2.25. The van der Waals surface area contributed by atoms with Gasteiger partial charge in [-0.05, 0) is 31.2 Å². The minimum atomic E-state index is -3.45. The SMILES string of the molecule is CSC(=O)c1cccc(S(=O)(=O)N2CCCCC2)c1. The second-order valence-electron chi connectivity index (χ2n) is 4.48. The lowest BCUT2D eigenvalue weighted by Crippen LogP contribution is -2.35. The van der Waals surface area contributed by atoms with Gasteiger partial charge in [-0.25, -0.2) is 8.42 Å². The molecule has 0 radical (unpaired) electrons. The number of carbonyl (C=O) groups excluding carboxylic acids is 1. The van der Waals surface area contributed by atoms with Gasteiger partial charge < -0.3 is 0 Å². The van der Waals surface area contributed by atoms with Crippen LogP contribution in [0.1, 0.15) is 29.6 Å². The summed E-state index contributed by atoms with van der Waals surface area (Å²) in [7, 11) is -3.45. The van der Waals surface area contributed by atoms with Gasteiger partial charge in [-0.3, -0.25) is 4.79 Å². The number of hydrogen-bond acceptors (Lipinski definition) is 4. The maximum Gasteiger partial charge on any atom is 0.243 e. The molecule has 0 saturated carbocycles. The average Bonchev–Trinajstić information content (AvgIpc) is 2.47. The molecular weight excluding hydrogens is 282 g/mol. The summed E-state index contributed by atoms with van der Waals surface area (Å²) in [6.45, 7) is 1.14. The van der Waals surface area contributed by atoms with Crippen LogP contribution >= 0.6 is 11.8 Å². The highest BCUT2D eigenvalue weighted by atomic mass is 32.2. The molecule has 0 spiro atoms. The van der Waals surface area contributed by atoms with Crippen LogP contribution in [-0.4, -0.2) is 37.2 Å². The van der Waals surface area contributed by atoms with Crippen molar-refractivity contribution in [3.63, 3.8) is 0 Å². The summed E-state index contributed by atoms with van der Waals surface area (Å²) in [5.74, 6) is 0. The monoisotopic (exact) mass is 299 g/mol. The number of sulfonamides is 1. The Hall–Kier alpha value is -0.850. The van der Waals surface area contributed by atoms with Gasteiger partial charge in [0.2, 0.25) is 15.1 Å². The molecule has 0 atom stereocenters. The first kappa shape index (κ1) is 14.6. The fourth-order valence-corrected chi connectivity index (χ4v) is 4.08. The molecule has 0 aliphatic carbocycles. The van der Waals surface area contributed by atoms with E-state index in [1.54, 1.807) is 24.5 Å². The zero-order valence-electron chi connectivity index (χ0n) is 10.8. The number of rotatable bonds is 3. The van der Waals surface area contributed by atoms with E-state index in [4.69, 9.17) is 0 Å². The average molecular weight is 299 g/mol. The zero-order chi connectivity index (χ0) is 13.9. The van der Waals surface area contributed by atoms with E-state index < -0.39 is 10.0 Å². The van der Waals surface area contributed by atoms with E-state index in [1.807, 2.05) is 0 Å². The summed E-state index contributed by atoms with van der Waals surface area (Å²) in [6, 6.07) is 6.30. The minimum absolute atomic E-state index is 0.115. The molecule has 1 aromatic carbocycles. The van der Waals surface area contributed by atoms with Crippen LogP contribution in [-0.2, 0) is 10.0 Å². The van der Waals surface area contributed by atoms with Crippen molar-refractivity contribution in [1.82, 2.24) is 4.31 Å². The fourth-order valence-electron chi connectivity index (χ4n) is 2.16. The molecule has 1 saturated heterocycles. The Morgan fingerprint density at radius 3 is 2.53 bits per heavy atom. The van der Waals surface area contributed by atoms with Crippen molar-refractivity contribution in [1.29, 1.82) is 0 Å². The topological polar surface area (TPSA) is 54.5 Å². The summed E-state index contributed by atoms with van der Waals surface area (Å²) in [6.07, 6.45) is 4.58. The highest BCUT2D eigenvalue weighted by molar-refractivity contribution is 8.13. The summed E-state index contributed by atoms with van der Waals surface area (Å²) in [5, 5.41) is -0.115. The van der Waals surface area contributed by atoms with Crippen molar-refractivity contribution in [3.05, 3.63) is 29.8 Å². The predicted molar refractivity (Wildman–Crippen MR) is 76.9 cm³/mol.